The number of piperazine rings is 1. The van der Waals surface area contributed by atoms with Crippen LogP contribution in [0.2, 0.25) is 0 Å². The number of hydrogen-bond donors (Lipinski definition) is 2. The standard InChI is InChI=1S/C20H33N3O/c1-3-22(4-2)17-9-10-18(19(24)15-17)20(16-7-5-6-8-16)23-13-11-21-12-14-23/h9-10,15-16,20-21,24H,3-8,11-14H2,1-2H3/t20-/m0/s1. The quantitative estimate of drug-likeness (QED) is 0.838. The van der Waals surface area contributed by atoms with Crippen LogP contribution in [0.4, 0.5) is 5.69 Å². The number of phenols is 1. The molecule has 2 fully saturated rings. The summed E-state index contributed by atoms with van der Waals surface area (Å²) in [7, 11) is 0. The van der Waals surface area contributed by atoms with Gasteiger partial charge in [-0.3, -0.25) is 4.90 Å². The molecule has 1 aliphatic carbocycles. The van der Waals surface area contributed by atoms with E-state index in [0.29, 0.717) is 17.7 Å². The van der Waals surface area contributed by atoms with Crippen molar-refractivity contribution < 1.29 is 5.11 Å². The lowest BCUT2D eigenvalue weighted by atomic mass is 9.89. The van der Waals surface area contributed by atoms with Crippen LogP contribution in [-0.2, 0) is 0 Å². The second kappa shape index (κ2) is 8.21. The van der Waals surface area contributed by atoms with Crippen molar-refractivity contribution in [1.82, 2.24) is 10.2 Å². The van der Waals surface area contributed by atoms with Gasteiger partial charge in [-0.25, -0.2) is 0 Å². The second-order valence-corrected chi connectivity index (χ2v) is 7.19. The molecule has 1 heterocycles. The van der Waals surface area contributed by atoms with Gasteiger partial charge in [0.25, 0.3) is 0 Å². The summed E-state index contributed by atoms with van der Waals surface area (Å²) in [5.41, 5.74) is 2.27. The first-order chi connectivity index (χ1) is 11.7. The first-order valence-electron chi connectivity index (χ1n) is 9.77. The summed E-state index contributed by atoms with van der Waals surface area (Å²) in [4.78, 5) is 4.89. The lowest BCUT2D eigenvalue weighted by Gasteiger charge is -2.39. The number of rotatable bonds is 6. The fraction of sp³-hybridized carbons (Fsp3) is 0.700. The summed E-state index contributed by atoms with van der Waals surface area (Å²) in [6, 6.07) is 6.74. The van der Waals surface area contributed by atoms with Gasteiger partial charge in [-0.2, -0.15) is 0 Å². The van der Waals surface area contributed by atoms with E-state index in [1.807, 2.05) is 6.07 Å². The molecule has 1 aromatic carbocycles. The summed E-state index contributed by atoms with van der Waals surface area (Å²) in [5, 5.41) is 14.3. The Morgan fingerprint density at radius 3 is 2.42 bits per heavy atom. The number of hydrogen-bond acceptors (Lipinski definition) is 4. The van der Waals surface area contributed by atoms with Crippen molar-refractivity contribution in [2.75, 3.05) is 44.2 Å². The Hall–Kier alpha value is -1.26. The van der Waals surface area contributed by atoms with Crippen LogP contribution in [0.15, 0.2) is 18.2 Å². The molecule has 4 heteroatoms. The van der Waals surface area contributed by atoms with Crippen molar-refractivity contribution in [2.45, 2.75) is 45.6 Å². The molecule has 0 bridgehead atoms. The fourth-order valence-corrected chi connectivity index (χ4v) is 4.55. The Bertz CT molecular complexity index is 518. The SMILES string of the molecule is CCN(CC)c1ccc([C@H](C2CCCC2)N2CCNCC2)c(O)c1. The van der Waals surface area contributed by atoms with E-state index in [1.165, 1.54) is 25.7 Å². The van der Waals surface area contributed by atoms with E-state index >= 15 is 0 Å². The lowest BCUT2D eigenvalue weighted by Crippen LogP contribution is -2.46. The van der Waals surface area contributed by atoms with Gasteiger partial charge < -0.3 is 15.3 Å². The van der Waals surface area contributed by atoms with Crippen molar-refractivity contribution in [3.63, 3.8) is 0 Å². The first kappa shape index (κ1) is 17.6. The highest BCUT2D eigenvalue weighted by atomic mass is 16.3. The number of anilines is 1. The van der Waals surface area contributed by atoms with E-state index in [0.717, 1.165) is 50.5 Å². The van der Waals surface area contributed by atoms with Gasteiger partial charge in [-0.05, 0) is 38.7 Å². The third kappa shape index (κ3) is 3.70. The maximum atomic E-state index is 10.8. The molecular weight excluding hydrogens is 298 g/mol. The smallest absolute Gasteiger partial charge is 0.122 e. The molecule has 1 atom stereocenters. The van der Waals surface area contributed by atoms with Crippen molar-refractivity contribution in [2.24, 2.45) is 5.92 Å². The maximum absolute atomic E-state index is 10.8. The first-order valence-corrected chi connectivity index (χ1v) is 9.77. The van der Waals surface area contributed by atoms with Crippen LogP contribution in [0.3, 0.4) is 0 Å². The topological polar surface area (TPSA) is 38.7 Å². The van der Waals surface area contributed by atoms with Crippen molar-refractivity contribution >= 4 is 5.69 Å². The summed E-state index contributed by atoms with van der Waals surface area (Å²) < 4.78 is 0. The molecule has 1 aromatic rings. The monoisotopic (exact) mass is 331 g/mol. The zero-order valence-electron chi connectivity index (χ0n) is 15.3. The van der Waals surface area contributed by atoms with E-state index in [-0.39, 0.29) is 0 Å². The normalized spacial score (nSPS) is 21.1. The molecule has 2 aliphatic rings. The van der Waals surface area contributed by atoms with Crippen LogP contribution in [0.5, 0.6) is 5.75 Å². The lowest BCUT2D eigenvalue weighted by molar-refractivity contribution is 0.123. The highest BCUT2D eigenvalue weighted by Crippen LogP contribution is 2.43. The van der Waals surface area contributed by atoms with Crippen LogP contribution < -0.4 is 10.2 Å². The van der Waals surface area contributed by atoms with Crippen molar-refractivity contribution in [3.8, 4) is 5.75 Å². The molecule has 1 saturated heterocycles. The van der Waals surface area contributed by atoms with E-state index in [2.05, 4.69) is 41.1 Å². The molecule has 0 amide bonds. The Balaban J connectivity index is 1.88. The van der Waals surface area contributed by atoms with E-state index < -0.39 is 0 Å². The van der Waals surface area contributed by atoms with Gasteiger partial charge in [0.05, 0.1) is 0 Å². The number of benzene rings is 1. The number of aromatic hydroxyl groups is 1. The molecule has 0 radical (unpaired) electrons. The van der Waals surface area contributed by atoms with Crippen LogP contribution >= 0.6 is 0 Å². The van der Waals surface area contributed by atoms with Crippen LogP contribution in [-0.4, -0.2) is 49.3 Å². The molecule has 24 heavy (non-hydrogen) atoms. The second-order valence-electron chi connectivity index (χ2n) is 7.19. The third-order valence-corrected chi connectivity index (χ3v) is 5.85. The van der Waals surface area contributed by atoms with Crippen molar-refractivity contribution in [1.29, 1.82) is 0 Å². The molecular formula is C20H33N3O. The molecule has 134 valence electrons. The van der Waals surface area contributed by atoms with Gasteiger partial charge >= 0.3 is 0 Å². The zero-order chi connectivity index (χ0) is 16.9. The fourth-order valence-electron chi connectivity index (χ4n) is 4.55. The molecule has 0 aromatic heterocycles. The molecule has 0 spiro atoms. The Labute approximate surface area is 146 Å². The van der Waals surface area contributed by atoms with E-state index in [4.69, 9.17) is 0 Å². The highest BCUT2D eigenvalue weighted by molar-refractivity contribution is 5.54. The Kier molecular flexibility index (Phi) is 6.01. The van der Waals surface area contributed by atoms with Gasteiger partial charge in [0, 0.05) is 62.6 Å². The summed E-state index contributed by atoms with van der Waals surface area (Å²) in [6.45, 7) is 10.5. The summed E-state index contributed by atoms with van der Waals surface area (Å²) >= 11 is 0. The van der Waals surface area contributed by atoms with Gasteiger partial charge in [0.2, 0.25) is 0 Å². The minimum absolute atomic E-state index is 0.375. The van der Waals surface area contributed by atoms with Gasteiger partial charge in [-0.1, -0.05) is 18.9 Å². The summed E-state index contributed by atoms with van der Waals surface area (Å²) in [5.74, 6) is 1.17. The highest BCUT2D eigenvalue weighted by Gasteiger charge is 2.33. The molecule has 1 saturated carbocycles. The van der Waals surface area contributed by atoms with Crippen molar-refractivity contribution in [3.05, 3.63) is 23.8 Å². The average Bonchev–Trinajstić information content (AvgIpc) is 3.13. The van der Waals surface area contributed by atoms with E-state index in [9.17, 15) is 5.11 Å². The maximum Gasteiger partial charge on any atom is 0.122 e. The van der Waals surface area contributed by atoms with Crippen LogP contribution in [0, 0.1) is 5.92 Å². The van der Waals surface area contributed by atoms with E-state index in [1.54, 1.807) is 0 Å². The number of nitrogens with zero attached hydrogens (tertiary/aromatic N) is 2. The van der Waals surface area contributed by atoms with Gasteiger partial charge in [0.15, 0.2) is 0 Å². The van der Waals surface area contributed by atoms with Crippen LogP contribution in [0.25, 0.3) is 0 Å². The van der Waals surface area contributed by atoms with Gasteiger partial charge in [0.1, 0.15) is 5.75 Å². The van der Waals surface area contributed by atoms with Crippen LogP contribution in [0.1, 0.15) is 51.1 Å². The predicted molar refractivity (Wildman–Crippen MR) is 101 cm³/mol. The third-order valence-electron chi connectivity index (χ3n) is 5.85. The molecule has 1 aliphatic heterocycles. The van der Waals surface area contributed by atoms with Gasteiger partial charge in [-0.15, -0.1) is 0 Å². The molecule has 0 unspecified atom stereocenters. The Morgan fingerprint density at radius 1 is 1.17 bits per heavy atom. The molecule has 2 N–H and O–H groups in total. The minimum atomic E-state index is 0.375. The number of nitrogens with one attached hydrogen (secondary N) is 1. The zero-order valence-corrected chi connectivity index (χ0v) is 15.3. The predicted octanol–water partition coefficient (Wildman–Crippen LogP) is 3.37. The minimum Gasteiger partial charge on any atom is -0.508 e. The molecule has 4 nitrogen and oxygen atoms in total. The summed E-state index contributed by atoms with van der Waals surface area (Å²) in [6.07, 6.45) is 5.27. The number of phenolic OH excluding ortho intramolecular Hbond substituents is 1. The largest absolute Gasteiger partial charge is 0.508 e. The average molecular weight is 332 g/mol. The molecule has 3 rings (SSSR count). The Morgan fingerprint density at radius 2 is 1.83 bits per heavy atom.